The molecule has 7 heteroatoms. The second kappa shape index (κ2) is 9.03. The van der Waals surface area contributed by atoms with Crippen LogP contribution in [0.2, 0.25) is 0 Å². The van der Waals surface area contributed by atoms with E-state index in [9.17, 15) is 20.1 Å². The molecule has 0 aliphatic rings. The number of anilines is 3. The summed E-state index contributed by atoms with van der Waals surface area (Å²) in [5, 5.41) is 33.0. The maximum Gasteiger partial charge on any atom is 0.336 e. The molecule has 3 aromatic rings. The molecule has 0 aliphatic heterocycles. The van der Waals surface area contributed by atoms with Crippen molar-refractivity contribution in [3.63, 3.8) is 0 Å². The summed E-state index contributed by atoms with van der Waals surface area (Å²) in [6, 6.07) is 17.3. The number of phenolic OH excluding ortho intramolecular Hbond substituents is 1. The van der Waals surface area contributed by atoms with E-state index in [4.69, 9.17) is 0 Å². The molecule has 0 spiro atoms. The molecule has 0 amide bonds. The van der Waals surface area contributed by atoms with Crippen LogP contribution in [0.5, 0.6) is 5.75 Å². The van der Waals surface area contributed by atoms with Gasteiger partial charge in [0.25, 0.3) is 0 Å². The lowest BCUT2D eigenvalue weighted by atomic mass is 9.78. The van der Waals surface area contributed by atoms with Gasteiger partial charge in [-0.3, -0.25) is 0 Å². The standard InChI is InChI=1S/C26H31N3O4/c1-27(2)19-11-7-17(8-12-19)26(33,18-9-13-20(14-10-18)28(3)4)22-16-24(30)23(29(5)6)15-21(22)25(31)32/h7-16,30,33H,1-6H3,(H,31,32). The Balaban J connectivity index is 2.34. The fourth-order valence-corrected chi connectivity index (χ4v) is 3.89. The van der Waals surface area contributed by atoms with E-state index in [1.807, 2.05) is 62.3 Å². The van der Waals surface area contributed by atoms with E-state index in [-0.39, 0.29) is 16.9 Å². The first-order valence-corrected chi connectivity index (χ1v) is 10.5. The predicted molar refractivity (Wildman–Crippen MR) is 133 cm³/mol. The van der Waals surface area contributed by atoms with Crippen molar-refractivity contribution < 1.29 is 20.1 Å². The number of benzene rings is 3. The highest BCUT2D eigenvalue weighted by atomic mass is 16.4. The summed E-state index contributed by atoms with van der Waals surface area (Å²) in [7, 11) is 11.1. The van der Waals surface area contributed by atoms with Crippen LogP contribution in [0.25, 0.3) is 0 Å². The third kappa shape index (κ3) is 4.45. The van der Waals surface area contributed by atoms with Gasteiger partial charge < -0.3 is 30.0 Å². The summed E-state index contributed by atoms with van der Waals surface area (Å²) in [6.07, 6.45) is 0. The number of hydrogen-bond acceptors (Lipinski definition) is 6. The molecule has 0 fully saturated rings. The molecule has 0 heterocycles. The van der Waals surface area contributed by atoms with Crippen LogP contribution in [-0.4, -0.2) is 63.6 Å². The lowest BCUT2D eigenvalue weighted by molar-refractivity contribution is 0.0680. The Kier molecular flexibility index (Phi) is 6.56. The van der Waals surface area contributed by atoms with Crippen LogP contribution in [0.4, 0.5) is 17.1 Å². The number of aromatic hydroxyl groups is 1. The summed E-state index contributed by atoms with van der Waals surface area (Å²) < 4.78 is 0. The highest BCUT2D eigenvalue weighted by Crippen LogP contribution is 2.43. The highest BCUT2D eigenvalue weighted by molar-refractivity contribution is 5.92. The van der Waals surface area contributed by atoms with Crippen LogP contribution in [0, 0.1) is 0 Å². The Morgan fingerprint density at radius 1 is 0.727 bits per heavy atom. The first-order chi connectivity index (χ1) is 15.5. The average Bonchev–Trinajstić information content (AvgIpc) is 2.78. The Morgan fingerprint density at radius 2 is 1.15 bits per heavy atom. The van der Waals surface area contributed by atoms with Crippen LogP contribution < -0.4 is 14.7 Å². The first kappa shape index (κ1) is 23.9. The molecule has 0 radical (unpaired) electrons. The molecule has 0 saturated carbocycles. The van der Waals surface area contributed by atoms with Crippen LogP contribution in [-0.2, 0) is 5.60 Å². The number of carbonyl (C=O) groups is 1. The van der Waals surface area contributed by atoms with Crippen LogP contribution in [0.15, 0.2) is 60.7 Å². The Bertz CT molecular complexity index is 1090. The van der Waals surface area contributed by atoms with E-state index in [1.165, 1.54) is 12.1 Å². The van der Waals surface area contributed by atoms with Crippen LogP contribution in [0.1, 0.15) is 27.0 Å². The summed E-state index contributed by atoms with van der Waals surface area (Å²) in [5.74, 6) is -1.31. The number of carboxylic acid groups (broad SMARTS) is 1. The van der Waals surface area contributed by atoms with Gasteiger partial charge in [0.15, 0.2) is 0 Å². The average molecular weight is 450 g/mol. The zero-order chi connectivity index (χ0) is 24.5. The lowest BCUT2D eigenvalue weighted by Crippen LogP contribution is -2.31. The molecule has 0 saturated heterocycles. The van der Waals surface area contributed by atoms with Crippen molar-refractivity contribution in [2.75, 3.05) is 57.0 Å². The second-order valence-electron chi connectivity index (χ2n) is 8.68. The zero-order valence-corrected chi connectivity index (χ0v) is 19.9. The van der Waals surface area contributed by atoms with Crippen LogP contribution in [0.3, 0.4) is 0 Å². The van der Waals surface area contributed by atoms with Crippen molar-refractivity contribution in [2.24, 2.45) is 0 Å². The van der Waals surface area contributed by atoms with Gasteiger partial charge in [-0.05, 0) is 47.5 Å². The van der Waals surface area contributed by atoms with Gasteiger partial charge in [-0.1, -0.05) is 24.3 Å². The molecule has 0 aliphatic carbocycles. The molecule has 7 nitrogen and oxygen atoms in total. The summed E-state index contributed by atoms with van der Waals surface area (Å²) in [5.41, 5.74) is 1.40. The van der Waals surface area contributed by atoms with E-state index in [0.29, 0.717) is 16.8 Å². The molecule has 0 aromatic heterocycles. The maximum absolute atomic E-state index is 12.3. The monoisotopic (exact) mass is 449 g/mol. The van der Waals surface area contributed by atoms with E-state index in [1.54, 1.807) is 43.3 Å². The minimum Gasteiger partial charge on any atom is -0.506 e. The predicted octanol–water partition coefficient (Wildman–Crippen LogP) is 3.57. The van der Waals surface area contributed by atoms with Crippen molar-refractivity contribution in [3.8, 4) is 5.75 Å². The Hall–Kier alpha value is -3.71. The SMILES string of the molecule is CN(C)c1ccc(C(O)(c2ccc(N(C)C)cc2)c2cc(O)c(N(C)C)cc2C(=O)O)cc1. The van der Waals surface area contributed by atoms with Crippen molar-refractivity contribution in [3.05, 3.63) is 82.9 Å². The number of rotatable bonds is 7. The summed E-state index contributed by atoms with van der Waals surface area (Å²) in [4.78, 5) is 17.8. The molecule has 0 unspecified atom stereocenters. The molecule has 174 valence electrons. The summed E-state index contributed by atoms with van der Waals surface area (Å²) >= 11 is 0. The van der Waals surface area contributed by atoms with Gasteiger partial charge in [-0.25, -0.2) is 4.79 Å². The molecular weight excluding hydrogens is 418 g/mol. The van der Waals surface area contributed by atoms with Crippen molar-refractivity contribution in [1.29, 1.82) is 0 Å². The highest BCUT2D eigenvalue weighted by Gasteiger charge is 2.38. The minimum absolute atomic E-state index is 0.0904. The van der Waals surface area contributed by atoms with Gasteiger partial charge in [0.2, 0.25) is 0 Å². The molecular formula is C26H31N3O4. The lowest BCUT2D eigenvalue weighted by Gasteiger charge is -2.33. The van der Waals surface area contributed by atoms with E-state index < -0.39 is 11.6 Å². The van der Waals surface area contributed by atoms with Gasteiger partial charge in [0.05, 0.1) is 11.3 Å². The minimum atomic E-state index is -1.81. The van der Waals surface area contributed by atoms with E-state index in [2.05, 4.69) is 0 Å². The fourth-order valence-electron chi connectivity index (χ4n) is 3.89. The number of nitrogens with zero attached hydrogens (tertiary/aromatic N) is 3. The number of hydrogen-bond donors (Lipinski definition) is 3. The molecule has 3 aromatic carbocycles. The van der Waals surface area contributed by atoms with Crippen LogP contribution >= 0.6 is 0 Å². The second-order valence-corrected chi connectivity index (χ2v) is 8.68. The van der Waals surface area contributed by atoms with Crippen molar-refractivity contribution in [2.45, 2.75) is 5.60 Å². The molecule has 0 bridgehead atoms. The third-order valence-corrected chi connectivity index (χ3v) is 5.82. The van der Waals surface area contributed by atoms with Crippen molar-refractivity contribution >= 4 is 23.0 Å². The number of carboxylic acids is 1. The maximum atomic E-state index is 12.3. The number of aromatic carboxylic acids is 1. The topological polar surface area (TPSA) is 87.5 Å². The van der Waals surface area contributed by atoms with E-state index >= 15 is 0 Å². The van der Waals surface area contributed by atoms with Gasteiger partial charge in [0.1, 0.15) is 11.4 Å². The molecule has 33 heavy (non-hydrogen) atoms. The fraction of sp³-hybridized carbons (Fsp3) is 0.269. The zero-order valence-electron chi connectivity index (χ0n) is 19.9. The van der Waals surface area contributed by atoms with E-state index in [0.717, 1.165) is 11.4 Å². The van der Waals surface area contributed by atoms with Gasteiger partial charge in [-0.15, -0.1) is 0 Å². The molecule has 3 N–H and O–H groups in total. The number of aliphatic hydroxyl groups is 1. The Labute approximate surface area is 194 Å². The van der Waals surface area contributed by atoms with Gasteiger partial charge in [0, 0.05) is 59.2 Å². The third-order valence-electron chi connectivity index (χ3n) is 5.82. The largest absolute Gasteiger partial charge is 0.506 e. The Morgan fingerprint density at radius 3 is 1.48 bits per heavy atom. The number of phenols is 1. The molecule has 0 atom stereocenters. The normalized spacial score (nSPS) is 11.2. The molecule has 3 rings (SSSR count). The quantitative estimate of drug-likeness (QED) is 0.475. The van der Waals surface area contributed by atoms with Crippen molar-refractivity contribution in [1.82, 2.24) is 0 Å². The first-order valence-electron chi connectivity index (χ1n) is 10.5. The van der Waals surface area contributed by atoms with Gasteiger partial charge in [-0.2, -0.15) is 0 Å². The summed E-state index contributed by atoms with van der Waals surface area (Å²) in [6.45, 7) is 0. The smallest absolute Gasteiger partial charge is 0.336 e. The van der Waals surface area contributed by atoms with Gasteiger partial charge >= 0.3 is 5.97 Å².